The summed E-state index contributed by atoms with van der Waals surface area (Å²) in [4.78, 5) is 0.471. The lowest BCUT2D eigenvalue weighted by Gasteiger charge is -2.29. The van der Waals surface area contributed by atoms with Gasteiger partial charge in [0.15, 0.2) is 9.84 Å². The summed E-state index contributed by atoms with van der Waals surface area (Å²) in [5.74, 6) is 0. The van der Waals surface area contributed by atoms with E-state index in [0.29, 0.717) is 11.3 Å². The van der Waals surface area contributed by atoms with E-state index in [1.54, 1.807) is 6.92 Å². The van der Waals surface area contributed by atoms with Crippen LogP contribution in [0.4, 0.5) is 0 Å². The first-order chi connectivity index (χ1) is 7.35. The lowest BCUT2D eigenvalue weighted by molar-refractivity contribution is 0.534. The summed E-state index contributed by atoms with van der Waals surface area (Å²) in [6.45, 7) is 5.49. The summed E-state index contributed by atoms with van der Waals surface area (Å²) in [5, 5.41) is -0.379. The molecule has 88 valence electrons. The van der Waals surface area contributed by atoms with Crippen LogP contribution in [-0.2, 0) is 9.84 Å². The minimum absolute atomic E-state index is 0.159. The fourth-order valence-electron chi connectivity index (χ4n) is 2.45. The van der Waals surface area contributed by atoms with E-state index in [4.69, 9.17) is 5.73 Å². The monoisotopic (exact) mass is 239 g/mol. The fraction of sp³-hybridized carbons (Fsp3) is 0.500. The van der Waals surface area contributed by atoms with Gasteiger partial charge in [-0.05, 0) is 43.9 Å². The summed E-state index contributed by atoms with van der Waals surface area (Å²) in [5.41, 5.74) is 8.66. The Labute approximate surface area is 96.6 Å². The van der Waals surface area contributed by atoms with Gasteiger partial charge in [-0.15, -0.1) is 0 Å². The fourth-order valence-corrected chi connectivity index (χ4v) is 4.45. The topological polar surface area (TPSA) is 60.2 Å². The highest BCUT2D eigenvalue weighted by atomic mass is 32.2. The van der Waals surface area contributed by atoms with Gasteiger partial charge in [0.1, 0.15) is 0 Å². The molecule has 0 fully saturated rings. The van der Waals surface area contributed by atoms with Crippen molar-refractivity contribution in [2.45, 2.75) is 43.4 Å². The van der Waals surface area contributed by atoms with Crippen LogP contribution < -0.4 is 5.73 Å². The average molecular weight is 239 g/mol. The molecule has 2 unspecified atom stereocenters. The second kappa shape index (κ2) is 3.57. The van der Waals surface area contributed by atoms with Crippen molar-refractivity contribution in [1.82, 2.24) is 0 Å². The molecule has 16 heavy (non-hydrogen) atoms. The van der Waals surface area contributed by atoms with Crippen molar-refractivity contribution in [1.29, 1.82) is 0 Å². The number of benzene rings is 1. The second-order valence-corrected chi connectivity index (χ2v) is 6.94. The Kier molecular flexibility index (Phi) is 2.59. The lowest BCUT2D eigenvalue weighted by atomic mass is 9.95. The van der Waals surface area contributed by atoms with Crippen LogP contribution in [0, 0.1) is 13.8 Å². The number of hydrogen-bond acceptors (Lipinski definition) is 3. The number of rotatable bonds is 0. The zero-order valence-corrected chi connectivity index (χ0v) is 10.6. The van der Waals surface area contributed by atoms with Crippen LogP contribution in [-0.4, -0.2) is 13.7 Å². The standard InChI is InChI=1S/C12H17NO2S/c1-7-4-5-8(2)12-11(7)10(13)6-9(3)16(12,14)15/h4-5,9-10H,6,13H2,1-3H3. The molecule has 1 aliphatic heterocycles. The van der Waals surface area contributed by atoms with Crippen molar-refractivity contribution in [3.8, 4) is 0 Å². The molecule has 2 N–H and O–H groups in total. The first kappa shape index (κ1) is 11.6. The maximum atomic E-state index is 12.3. The zero-order valence-electron chi connectivity index (χ0n) is 9.82. The molecule has 0 aromatic heterocycles. The summed E-state index contributed by atoms with van der Waals surface area (Å²) >= 11 is 0. The smallest absolute Gasteiger partial charge is 0.181 e. The SMILES string of the molecule is Cc1ccc(C)c2c1C(N)CC(C)S2(=O)=O. The molecule has 0 spiro atoms. The Hall–Kier alpha value is -0.870. The van der Waals surface area contributed by atoms with Gasteiger partial charge in [0.2, 0.25) is 0 Å². The van der Waals surface area contributed by atoms with Gasteiger partial charge in [0.25, 0.3) is 0 Å². The molecule has 0 amide bonds. The quantitative estimate of drug-likeness (QED) is 0.752. The largest absolute Gasteiger partial charge is 0.324 e. The minimum atomic E-state index is -3.19. The number of hydrogen-bond donors (Lipinski definition) is 1. The van der Waals surface area contributed by atoms with E-state index in [2.05, 4.69) is 0 Å². The Morgan fingerprint density at radius 2 is 1.81 bits per heavy atom. The first-order valence-corrected chi connectivity index (χ1v) is 7.00. The highest BCUT2D eigenvalue weighted by molar-refractivity contribution is 7.92. The molecule has 2 rings (SSSR count). The van der Waals surface area contributed by atoms with Crippen LogP contribution in [0.25, 0.3) is 0 Å². The predicted molar refractivity (Wildman–Crippen MR) is 64.1 cm³/mol. The maximum Gasteiger partial charge on any atom is 0.181 e. The number of sulfone groups is 1. The van der Waals surface area contributed by atoms with E-state index >= 15 is 0 Å². The molecular formula is C12H17NO2S. The van der Waals surface area contributed by atoms with E-state index in [-0.39, 0.29) is 11.3 Å². The third kappa shape index (κ3) is 1.48. The van der Waals surface area contributed by atoms with Crippen LogP contribution in [0.5, 0.6) is 0 Å². The van der Waals surface area contributed by atoms with Crippen LogP contribution in [0.3, 0.4) is 0 Å². The summed E-state index contributed by atoms with van der Waals surface area (Å²) in [6.07, 6.45) is 0.514. The van der Waals surface area contributed by atoms with Crippen molar-refractivity contribution in [3.05, 3.63) is 28.8 Å². The van der Waals surface area contributed by atoms with Gasteiger partial charge in [-0.2, -0.15) is 0 Å². The van der Waals surface area contributed by atoms with Crippen LogP contribution >= 0.6 is 0 Å². The molecule has 4 heteroatoms. The lowest BCUT2D eigenvalue weighted by Crippen LogP contribution is -2.32. The molecule has 1 aromatic carbocycles. The third-order valence-electron chi connectivity index (χ3n) is 3.38. The number of aryl methyl sites for hydroxylation is 2. The molecule has 3 nitrogen and oxygen atoms in total. The van der Waals surface area contributed by atoms with Crippen LogP contribution in [0.1, 0.15) is 36.1 Å². The van der Waals surface area contributed by atoms with Gasteiger partial charge < -0.3 is 5.73 Å². The highest BCUT2D eigenvalue weighted by Crippen LogP contribution is 2.38. The van der Waals surface area contributed by atoms with E-state index in [9.17, 15) is 8.42 Å². The molecule has 0 bridgehead atoms. The van der Waals surface area contributed by atoms with E-state index in [1.807, 2.05) is 26.0 Å². The molecule has 0 radical (unpaired) electrons. The molecule has 0 saturated heterocycles. The first-order valence-electron chi connectivity index (χ1n) is 5.45. The number of nitrogens with two attached hydrogens (primary N) is 1. The Balaban J connectivity index is 2.85. The summed E-state index contributed by atoms with van der Waals surface area (Å²) in [7, 11) is -3.19. The average Bonchev–Trinajstić information content (AvgIpc) is 2.18. The van der Waals surface area contributed by atoms with E-state index in [0.717, 1.165) is 16.7 Å². The molecule has 1 aromatic rings. The van der Waals surface area contributed by atoms with Gasteiger partial charge >= 0.3 is 0 Å². The van der Waals surface area contributed by atoms with Gasteiger partial charge in [-0.25, -0.2) is 8.42 Å². The van der Waals surface area contributed by atoms with Crippen molar-refractivity contribution >= 4 is 9.84 Å². The molecule has 0 aliphatic carbocycles. The predicted octanol–water partition coefficient (Wildman–Crippen LogP) is 1.87. The Morgan fingerprint density at radius 3 is 2.44 bits per heavy atom. The molecule has 2 atom stereocenters. The number of fused-ring (bicyclic) bond motifs is 1. The van der Waals surface area contributed by atoms with Crippen LogP contribution in [0.15, 0.2) is 17.0 Å². The van der Waals surface area contributed by atoms with Gasteiger partial charge in [-0.3, -0.25) is 0 Å². The molecule has 0 saturated carbocycles. The zero-order chi connectivity index (χ0) is 12.1. The van der Waals surface area contributed by atoms with Crippen molar-refractivity contribution in [2.75, 3.05) is 0 Å². The maximum absolute atomic E-state index is 12.3. The second-order valence-electron chi connectivity index (χ2n) is 4.64. The van der Waals surface area contributed by atoms with Gasteiger partial charge in [0, 0.05) is 6.04 Å². The van der Waals surface area contributed by atoms with Crippen molar-refractivity contribution < 1.29 is 8.42 Å². The normalized spacial score (nSPS) is 27.5. The summed E-state index contributed by atoms with van der Waals surface area (Å²) in [6, 6.07) is 3.64. The van der Waals surface area contributed by atoms with E-state index in [1.165, 1.54) is 0 Å². The molecular weight excluding hydrogens is 222 g/mol. The highest BCUT2D eigenvalue weighted by Gasteiger charge is 2.36. The molecule has 1 aliphatic rings. The Morgan fingerprint density at radius 1 is 1.25 bits per heavy atom. The van der Waals surface area contributed by atoms with Gasteiger partial charge in [-0.1, -0.05) is 12.1 Å². The van der Waals surface area contributed by atoms with E-state index < -0.39 is 9.84 Å². The summed E-state index contributed by atoms with van der Waals surface area (Å²) < 4.78 is 24.5. The minimum Gasteiger partial charge on any atom is -0.324 e. The third-order valence-corrected chi connectivity index (χ3v) is 5.74. The van der Waals surface area contributed by atoms with Gasteiger partial charge in [0.05, 0.1) is 10.1 Å². The molecule has 1 heterocycles. The van der Waals surface area contributed by atoms with Crippen molar-refractivity contribution in [2.24, 2.45) is 5.73 Å². The van der Waals surface area contributed by atoms with Crippen LogP contribution in [0.2, 0.25) is 0 Å². The Bertz CT molecular complexity index is 534. The van der Waals surface area contributed by atoms with Crippen molar-refractivity contribution in [3.63, 3.8) is 0 Å².